The van der Waals surface area contributed by atoms with E-state index in [1.807, 2.05) is 0 Å². The molecule has 6 nitrogen and oxygen atoms in total. The van der Waals surface area contributed by atoms with E-state index in [4.69, 9.17) is 10.1 Å². The van der Waals surface area contributed by atoms with Crippen molar-refractivity contribution in [3.63, 3.8) is 0 Å². The summed E-state index contributed by atoms with van der Waals surface area (Å²) in [6.07, 6.45) is 6.98. The Morgan fingerprint density at radius 3 is 2.52 bits per heavy atom. The second kappa shape index (κ2) is 7.71. The monoisotopic (exact) mass is 397 g/mol. The van der Waals surface area contributed by atoms with Gasteiger partial charge in [-0.3, -0.25) is 14.4 Å². The average molecular weight is 398 g/mol. The summed E-state index contributed by atoms with van der Waals surface area (Å²) < 4.78 is 2.13. The van der Waals surface area contributed by atoms with Crippen molar-refractivity contribution in [3.8, 4) is 0 Å². The first-order valence-electron chi connectivity index (χ1n) is 11.1. The molecule has 0 amide bonds. The first kappa shape index (κ1) is 20.3. The predicted molar refractivity (Wildman–Crippen MR) is 115 cm³/mol. The lowest BCUT2D eigenvalue weighted by molar-refractivity contribution is 0.239. The molecule has 0 spiro atoms. The van der Waals surface area contributed by atoms with E-state index in [-0.39, 0.29) is 11.1 Å². The molecular weight excluding hydrogens is 362 g/mol. The average Bonchev–Trinajstić information content (AvgIpc) is 2.97. The fourth-order valence-corrected chi connectivity index (χ4v) is 4.99. The van der Waals surface area contributed by atoms with E-state index >= 15 is 0 Å². The Morgan fingerprint density at radius 2 is 1.86 bits per heavy atom. The summed E-state index contributed by atoms with van der Waals surface area (Å²) in [6, 6.07) is 0. The molecule has 158 valence electrons. The fourth-order valence-electron chi connectivity index (χ4n) is 4.99. The number of fused-ring (bicyclic) bond motifs is 1. The molecule has 4 rings (SSSR count). The zero-order valence-corrected chi connectivity index (χ0v) is 18.6. The van der Waals surface area contributed by atoms with Crippen molar-refractivity contribution in [3.05, 3.63) is 44.4 Å². The molecular formula is C23H35N5O. The van der Waals surface area contributed by atoms with Gasteiger partial charge < -0.3 is 4.98 Å². The normalized spacial score (nSPS) is 18.8. The van der Waals surface area contributed by atoms with Crippen molar-refractivity contribution in [2.45, 2.75) is 97.7 Å². The van der Waals surface area contributed by atoms with E-state index in [2.05, 4.69) is 49.2 Å². The van der Waals surface area contributed by atoms with Gasteiger partial charge in [0.1, 0.15) is 5.82 Å². The molecule has 2 aliphatic rings. The third-order valence-electron chi connectivity index (χ3n) is 6.62. The van der Waals surface area contributed by atoms with Gasteiger partial charge in [0.05, 0.1) is 22.5 Å². The van der Waals surface area contributed by atoms with E-state index in [9.17, 15) is 4.79 Å². The molecule has 2 aromatic heterocycles. The third-order valence-corrected chi connectivity index (χ3v) is 6.62. The van der Waals surface area contributed by atoms with Gasteiger partial charge in [0.15, 0.2) is 0 Å². The zero-order valence-electron chi connectivity index (χ0n) is 18.6. The van der Waals surface area contributed by atoms with Gasteiger partial charge in [-0.05, 0) is 47.5 Å². The second-order valence-electron chi connectivity index (χ2n) is 9.90. The maximum Gasteiger partial charge on any atom is 0.255 e. The van der Waals surface area contributed by atoms with Gasteiger partial charge in [0.25, 0.3) is 5.56 Å². The lowest BCUT2D eigenvalue weighted by Gasteiger charge is -2.29. The molecule has 0 radical (unpaired) electrons. The van der Waals surface area contributed by atoms with Gasteiger partial charge in [0, 0.05) is 43.2 Å². The van der Waals surface area contributed by atoms with E-state index in [1.54, 1.807) is 0 Å². The molecule has 1 N–H and O–H groups in total. The highest BCUT2D eigenvalue weighted by Gasteiger charge is 2.27. The number of aryl methyl sites for hydroxylation is 1. The number of hydrogen-bond acceptors (Lipinski definition) is 4. The van der Waals surface area contributed by atoms with Crippen LogP contribution in [0.15, 0.2) is 4.79 Å². The molecule has 0 saturated heterocycles. The topological polar surface area (TPSA) is 66.8 Å². The number of H-pyrrole nitrogens is 1. The van der Waals surface area contributed by atoms with Gasteiger partial charge >= 0.3 is 0 Å². The van der Waals surface area contributed by atoms with Crippen molar-refractivity contribution in [2.24, 2.45) is 0 Å². The first-order chi connectivity index (χ1) is 13.7. The van der Waals surface area contributed by atoms with Crippen LogP contribution in [-0.4, -0.2) is 31.2 Å². The standard InChI is InChI=1S/C23H35N5O/c1-15-18(16(2)28(26-15)23(3,4)5)13-27-12-11-20-19(14-27)22(29)25-21(24-20)17-9-7-6-8-10-17/h17H,6-14H2,1-5H3,(H,24,25,29). The second-order valence-corrected chi connectivity index (χ2v) is 9.90. The molecule has 2 aromatic rings. The highest BCUT2D eigenvalue weighted by atomic mass is 16.1. The minimum absolute atomic E-state index is 0.0296. The number of rotatable bonds is 3. The SMILES string of the molecule is Cc1nn(C(C)(C)C)c(C)c1CN1CCc2nc(C3CCCCC3)[nH]c(=O)c2C1. The number of nitrogens with one attached hydrogen (secondary N) is 1. The van der Waals surface area contributed by atoms with E-state index < -0.39 is 0 Å². The molecule has 1 saturated carbocycles. The molecule has 1 aliphatic heterocycles. The number of aromatic amines is 1. The van der Waals surface area contributed by atoms with E-state index in [0.717, 1.165) is 55.1 Å². The van der Waals surface area contributed by atoms with Crippen LogP contribution in [0.3, 0.4) is 0 Å². The number of aromatic nitrogens is 4. The summed E-state index contributed by atoms with van der Waals surface area (Å²) in [5.41, 5.74) is 5.51. The lowest BCUT2D eigenvalue weighted by atomic mass is 9.88. The highest BCUT2D eigenvalue weighted by molar-refractivity contribution is 5.27. The van der Waals surface area contributed by atoms with Gasteiger partial charge in [-0.15, -0.1) is 0 Å². The van der Waals surface area contributed by atoms with E-state index in [1.165, 1.54) is 30.5 Å². The van der Waals surface area contributed by atoms with E-state index in [0.29, 0.717) is 12.5 Å². The van der Waals surface area contributed by atoms with Crippen LogP contribution < -0.4 is 5.56 Å². The Kier molecular flexibility index (Phi) is 5.40. The Hall–Kier alpha value is -1.95. The van der Waals surface area contributed by atoms with Gasteiger partial charge in [-0.25, -0.2) is 4.98 Å². The van der Waals surface area contributed by atoms with Crippen LogP contribution in [0.25, 0.3) is 0 Å². The van der Waals surface area contributed by atoms with Crippen LogP contribution in [0.2, 0.25) is 0 Å². The van der Waals surface area contributed by atoms with Crippen molar-refractivity contribution in [2.75, 3.05) is 6.54 Å². The molecule has 29 heavy (non-hydrogen) atoms. The minimum Gasteiger partial charge on any atom is -0.310 e. The van der Waals surface area contributed by atoms with Gasteiger partial charge in [0.2, 0.25) is 0 Å². The Bertz CT molecular complexity index is 943. The zero-order chi connectivity index (χ0) is 20.8. The molecule has 0 aromatic carbocycles. The van der Waals surface area contributed by atoms with Crippen molar-refractivity contribution >= 4 is 0 Å². The summed E-state index contributed by atoms with van der Waals surface area (Å²) >= 11 is 0. The Morgan fingerprint density at radius 1 is 1.14 bits per heavy atom. The first-order valence-corrected chi connectivity index (χ1v) is 11.1. The molecule has 0 atom stereocenters. The van der Waals surface area contributed by atoms with Crippen LogP contribution in [0.5, 0.6) is 0 Å². The number of hydrogen-bond donors (Lipinski definition) is 1. The van der Waals surface area contributed by atoms with Gasteiger partial charge in [-0.1, -0.05) is 19.3 Å². The third kappa shape index (κ3) is 4.04. The maximum atomic E-state index is 12.9. The Balaban J connectivity index is 1.54. The summed E-state index contributed by atoms with van der Waals surface area (Å²) in [6.45, 7) is 13.2. The van der Waals surface area contributed by atoms with Crippen molar-refractivity contribution < 1.29 is 0 Å². The largest absolute Gasteiger partial charge is 0.310 e. The molecule has 6 heteroatoms. The quantitative estimate of drug-likeness (QED) is 0.852. The molecule has 1 fully saturated rings. The van der Waals surface area contributed by atoms with Crippen molar-refractivity contribution in [1.29, 1.82) is 0 Å². The highest BCUT2D eigenvalue weighted by Crippen LogP contribution is 2.31. The summed E-state index contributed by atoms with van der Waals surface area (Å²) in [4.78, 5) is 23.3. The smallest absolute Gasteiger partial charge is 0.255 e. The Labute approximate surface area is 173 Å². The summed E-state index contributed by atoms with van der Waals surface area (Å²) in [5, 5.41) is 4.78. The lowest BCUT2D eigenvalue weighted by Crippen LogP contribution is -2.36. The van der Waals surface area contributed by atoms with Crippen LogP contribution in [0.1, 0.15) is 92.8 Å². The van der Waals surface area contributed by atoms with Crippen molar-refractivity contribution in [1.82, 2.24) is 24.6 Å². The van der Waals surface area contributed by atoms with Gasteiger partial charge in [-0.2, -0.15) is 5.10 Å². The fraction of sp³-hybridized carbons (Fsp3) is 0.696. The number of nitrogens with zero attached hydrogens (tertiary/aromatic N) is 4. The van der Waals surface area contributed by atoms with Crippen LogP contribution in [-0.2, 0) is 25.0 Å². The van der Waals surface area contributed by atoms with Crippen LogP contribution >= 0.6 is 0 Å². The molecule has 0 unspecified atom stereocenters. The summed E-state index contributed by atoms with van der Waals surface area (Å²) in [7, 11) is 0. The van der Waals surface area contributed by atoms with Crippen LogP contribution in [0, 0.1) is 13.8 Å². The summed E-state index contributed by atoms with van der Waals surface area (Å²) in [5.74, 6) is 1.37. The molecule has 3 heterocycles. The molecule has 0 bridgehead atoms. The predicted octanol–water partition coefficient (Wildman–Crippen LogP) is 3.94. The maximum absolute atomic E-state index is 12.9. The minimum atomic E-state index is -0.0296. The van der Waals surface area contributed by atoms with Crippen LogP contribution in [0.4, 0.5) is 0 Å². The molecule has 1 aliphatic carbocycles.